The van der Waals surface area contributed by atoms with E-state index in [0.717, 1.165) is 11.1 Å². The first-order valence-corrected chi connectivity index (χ1v) is 11.0. The number of sulfone groups is 1. The molecular formula is C21H26N2O3S. The van der Waals surface area contributed by atoms with E-state index in [1.165, 1.54) is 0 Å². The standard InChI is InChI=1S/C21H26N2O3S/c1-22(2)23(19-13-14-27(25,26)16-19)21(24)15-20(17-9-5-3-6-10-17)18-11-7-4-8-12-18/h3-12,19-20H,13-16H2,1-2H3/t19-/m1/s1. The molecule has 1 aliphatic heterocycles. The van der Waals surface area contributed by atoms with Crippen molar-refractivity contribution >= 4 is 15.7 Å². The van der Waals surface area contributed by atoms with E-state index in [0.29, 0.717) is 12.8 Å². The molecule has 0 spiro atoms. The second kappa shape index (κ2) is 8.23. The van der Waals surface area contributed by atoms with E-state index < -0.39 is 9.84 Å². The Labute approximate surface area is 161 Å². The molecule has 0 radical (unpaired) electrons. The number of nitrogens with zero attached hydrogens (tertiary/aromatic N) is 2. The molecule has 6 heteroatoms. The molecule has 27 heavy (non-hydrogen) atoms. The summed E-state index contributed by atoms with van der Waals surface area (Å²) in [5.74, 6) is 0.0640. The van der Waals surface area contributed by atoms with Crippen LogP contribution in [0.1, 0.15) is 29.9 Å². The van der Waals surface area contributed by atoms with Crippen molar-refractivity contribution in [3.8, 4) is 0 Å². The third-order valence-corrected chi connectivity index (χ3v) is 6.77. The third kappa shape index (κ3) is 4.76. The molecule has 2 aromatic rings. The maximum Gasteiger partial charge on any atom is 0.238 e. The zero-order chi connectivity index (χ0) is 19.4. The van der Waals surface area contributed by atoms with Crippen molar-refractivity contribution in [3.05, 3.63) is 71.8 Å². The number of hydrogen-bond donors (Lipinski definition) is 0. The lowest BCUT2D eigenvalue weighted by molar-refractivity contribution is -0.149. The molecule has 5 nitrogen and oxygen atoms in total. The van der Waals surface area contributed by atoms with Crippen LogP contribution in [-0.2, 0) is 14.6 Å². The molecule has 3 rings (SSSR count). The molecule has 1 amide bonds. The predicted molar refractivity (Wildman–Crippen MR) is 107 cm³/mol. The number of carbonyl (C=O) groups excluding carboxylic acids is 1. The van der Waals surface area contributed by atoms with Crippen LogP contribution in [0.3, 0.4) is 0 Å². The lowest BCUT2D eigenvalue weighted by atomic mass is 9.88. The van der Waals surface area contributed by atoms with Crippen LogP contribution in [0, 0.1) is 0 Å². The first kappa shape index (κ1) is 19.6. The monoisotopic (exact) mass is 386 g/mol. The molecule has 0 N–H and O–H groups in total. The summed E-state index contributed by atoms with van der Waals surface area (Å²) < 4.78 is 23.8. The van der Waals surface area contributed by atoms with Crippen LogP contribution in [0.15, 0.2) is 60.7 Å². The SMILES string of the molecule is CN(C)N(C(=O)CC(c1ccccc1)c1ccccc1)[C@@H]1CCS(=O)(=O)C1. The third-order valence-electron chi connectivity index (χ3n) is 5.02. The molecule has 1 atom stereocenters. The van der Waals surface area contributed by atoms with Crippen LogP contribution < -0.4 is 0 Å². The van der Waals surface area contributed by atoms with Gasteiger partial charge in [0.2, 0.25) is 5.91 Å². The van der Waals surface area contributed by atoms with Crippen LogP contribution in [0.5, 0.6) is 0 Å². The number of hydrogen-bond acceptors (Lipinski definition) is 4. The topological polar surface area (TPSA) is 57.7 Å². The highest BCUT2D eigenvalue weighted by Crippen LogP contribution is 2.30. The Hall–Kier alpha value is -2.18. The molecular weight excluding hydrogens is 360 g/mol. The van der Waals surface area contributed by atoms with E-state index in [2.05, 4.69) is 0 Å². The summed E-state index contributed by atoms with van der Waals surface area (Å²) in [6.45, 7) is 0. The summed E-state index contributed by atoms with van der Waals surface area (Å²) >= 11 is 0. The van der Waals surface area contributed by atoms with Gasteiger partial charge in [-0.15, -0.1) is 0 Å². The van der Waals surface area contributed by atoms with E-state index >= 15 is 0 Å². The molecule has 1 aliphatic rings. The summed E-state index contributed by atoms with van der Waals surface area (Å²) in [6.07, 6.45) is 0.788. The Kier molecular flexibility index (Phi) is 5.97. The number of hydrazine groups is 1. The smallest absolute Gasteiger partial charge is 0.238 e. The van der Waals surface area contributed by atoms with Gasteiger partial charge in [0, 0.05) is 26.4 Å². The lowest BCUT2D eigenvalue weighted by Gasteiger charge is -2.35. The van der Waals surface area contributed by atoms with E-state index in [1.54, 1.807) is 24.1 Å². The average molecular weight is 387 g/mol. The van der Waals surface area contributed by atoms with Gasteiger partial charge in [-0.25, -0.2) is 13.4 Å². The second-order valence-corrected chi connectivity index (χ2v) is 9.45. The van der Waals surface area contributed by atoms with Gasteiger partial charge in [-0.1, -0.05) is 60.7 Å². The van der Waals surface area contributed by atoms with Crippen LogP contribution in [-0.4, -0.2) is 56.0 Å². The highest BCUT2D eigenvalue weighted by molar-refractivity contribution is 7.91. The van der Waals surface area contributed by atoms with Gasteiger partial charge in [-0.3, -0.25) is 9.80 Å². The highest BCUT2D eigenvalue weighted by Gasteiger charge is 2.36. The quantitative estimate of drug-likeness (QED) is 0.717. The highest BCUT2D eigenvalue weighted by atomic mass is 32.2. The number of carbonyl (C=O) groups is 1. The fourth-order valence-electron chi connectivity index (χ4n) is 3.79. The summed E-state index contributed by atoms with van der Waals surface area (Å²) in [4.78, 5) is 13.2. The number of amides is 1. The molecule has 1 saturated heterocycles. The van der Waals surface area contributed by atoms with Crippen LogP contribution >= 0.6 is 0 Å². The Bertz CT molecular complexity index is 827. The molecule has 2 aromatic carbocycles. The van der Waals surface area contributed by atoms with Gasteiger partial charge in [-0.2, -0.15) is 0 Å². The van der Waals surface area contributed by atoms with Crippen molar-refractivity contribution in [2.75, 3.05) is 25.6 Å². The van der Waals surface area contributed by atoms with Gasteiger partial charge in [-0.05, 0) is 17.5 Å². The maximum atomic E-state index is 13.2. The van der Waals surface area contributed by atoms with Crippen LogP contribution in [0.25, 0.3) is 0 Å². The minimum atomic E-state index is -3.06. The van der Waals surface area contributed by atoms with Crippen molar-refractivity contribution in [2.24, 2.45) is 0 Å². The molecule has 0 unspecified atom stereocenters. The largest absolute Gasteiger partial charge is 0.273 e. The summed E-state index contributed by atoms with van der Waals surface area (Å²) in [5.41, 5.74) is 2.16. The minimum Gasteiger partial charge on any atom is -0.273 e. The Morgan fingerprint density at radius 2 is 1.52 bits per heavy atom. The van der Waals surface area contributed by atoms with E-state index in [1.807, 2.05) is 60.7 Å². The summed E-state index contributed by atoms with van der Waals surface area (Å²) in [7, 11) is 0.528. The zero-order valence-corrected chi connectivity index (χ0v) is 16.6. The van der Waals surface area contributed by atoms with Crippen molar-refractivity contribution in [2.45, 2.75) is 24.8 Å². The second-order valence-electron chi connectivity index (χ2n) is 7.22. The fraction of sp³-hybridized carbons (Fsp3) is 0.381. The van der Waals surface area contributed by atoms with Gasteiger partial charge in [0.1, 0.15) is 0 Å². The van der Waals surface area contributed by atoms with Crippen LogP contribution in [0.2, 0.25) is 0 Å². The molecule has 0 saturated carbocycles. The van der Waals surface area contributed by atoms with Crippen molar-refractivity contribution in [1.82, 2.24) is 10.0 Å². The van der Waals surface area contributed by atoms with Crippen molar-refractivity contribution < 1.29 is 13.2 Å². The van der Waals surface area contributed by atoms with E-state index in [4.69, 9.17) is 0 Å². The average Bonchev–Trinajstić information content (AvgIpc) is 3.00. The summed E-state index contributed by atoms with van der Waals surface area (Å²) in [6, 6.07) is 19.7. The molecule has 144 valence electrons. The van der Waals surface area contributed by atoms with Gasteiger partial charge < -0.3 is 0 Å². The Morgan fingerprint density at radius 1 is 1.00 bits per heavy atom. The van der Waals surface area contributed by atoms with Gasteiger partial charge in [0.15, 0.2) is 9.84 Å². The number of benzene rings is 2. The van der Waals surface area contributed by atoms with Crippen molar-refractivity contribution in [3.63, 3.8) is 0 Å². The molecule has 0 bridgehead atoms. The lowest BCUT2D eigenvalue weighted by Crippen LogP contribution is -2.49. The van der Waals surface area contributed by atoms with Gasteiger partial charge >= 0.3 is 0 Å². The van der Waals surface area contributed by atoms with E-state index in [-0.39, 0.29) is 29.4 Å². The molecule has 0 aliphatic carbocycles. The zero-order valence-electron chi connectivity index (χ0n) is 15.8. The van der Waals surface area contributed by atoms with Crippen molar-refractivity contribution in [1.29, 1.82) is 0 Å². The number of rotatable bonds is 6. The van der Waals surface area contributed by atoms with Gasteiger partial charge in [0.05, 0.1) is 17.5 Å². The van der Waals surface area contributed by atoms with Crippen LogP contribution in [0.4, 0.5) is 0 Å². The normalized spacial score (nSPS) is 18.7. The predicted octanol–water partition coefficient (Wildman–Crippen LogP) is 2.70. The molecule has 1 fully saturated rings. The maximum absolute atomic E-state index is 13.2. The minimum absolute atomic E-state index is 0.0399. The molecule has 0 aromatic heterocycles. The van der Waals surface area contributed by atoms with E-state index in [9.17, 15) is 13.2 Å². The van der Waals surface area contributed by atoms with Gasteiger partial charge in [0.25, 0.3) is 0 Å². The Balaban J connectivity index is 1.87. The summed E-state index contributed by atoms with van der Waals surface area (Å²) in [5, 5.41) is 3.35. The first-order chi connectivity index (χ1) is 12.9. The molecule has 1 heterocycles. The fourth-order valence-corrected chi connectivity index (χ4v) is 5.48. The Morgan fingerprint density at radius 3 is 1.93 bits per heavy atom. The first-order valence-electron chi connectivity index (χ1n) is 9.17.